The molecule has 0 radical (unpaired) electrons. The molecule has 2 aromatic heterocycles. The van der Waals surface area contributed by atoms with Crippen molar-refractivity contribution in [2.24, 2.45) is 0 Å². The van der Waals surface area contributed by atoms with Crippen LogP contribution < -0.4 is 5.56 Å². The molecule has 1 saturated heterocycles. The van der Waals surface area contributed by atoms with E-state index in [4.69, 9.17) is 9.72 Å². The second kappa shape index (κ2) is 7.41. The zero-order valence-electron chi connectivity index (χ0n) is 15.1. The molecule has 0 N–H and O–H groups in total. The summed E-state index contributed by atoms with van der Waals surface area (Å²) in [6, 6.07) is 9.91. The lowest BCUT2D eigenvalue weighted by Crippen LogP contribution is -2.23. The number of hydrogen-bond donors (Lipinski definition) is 0. The van der Waals surface area contributed by atoms with Gasteiger partial charge in [-0.1, -0.05) is 30.0 Å². The summed E-state index contributed by atoms with van der Waals surface area (Å²) in [5.41, 5.74) is 2.22. The third kappa shape index (κ3) is 3.24. The number of thioether (sulfide) groups is 1. The average Bonchev–Trinajstić information content (AvgIpc) is 3.34. The molecule has 1 atom stereocenters. The Kier molecular flexibility index (Phi) is 4.80. The summed E-state index contributed by atoms with van der Waals surface area (Å²) in [6.07, 6.45) is 6.96. The number of fused-ring (bicyclic) bond motifs is 3. The number of hydrogen-bond acceptors (Lipinski definition) is 5. The maximum Gasteiger partial charge on any atom is 0.267 e. The van der Waals surface area contributed by atoms with Crippen LogP contribution in [0.15, 0.2) is 40.3 Å². The summed E-state index contributed by atoms with van der Waals surface area (Å²) in [5, 5.41) is 1.63. The number of thiophene rings is 1. The molecule has 1 aliphatic carbocycles. The van der Waals surface area contributed by atoms with Crippen LogP contribution in [0.5, 0.6) is 0 Å². The third-order valence-corrected chi connectivity index (χ3v) is 7.65. The Morgan fingerprint density at radius 2 is 2.04 bits per heavy atom. The number of nitrogens with zero attached hydrogens (tertiary/aromatic N) is 2. The van der Waals surface area contributed by atoms with E-state index >= 15 is 0 Å². The van der Waals surface area contributed by atoms with Gasteiger partial charge in [0.1, 0.15) is 4.83 Å². The minimum absolute atomic E-state index is 0.0837. The van der Waals surface area contributed by atoms with Crippen molar-refractivity contribution in [2.75, 3.05) is 12.4 Å². The van der Waals surface area contributed by atoms with Crippen LogP contribution in [-0.2, 0) is 17.6 Å². The van der Waals surface area contributed by atoms with Gasteiger partial charge in [-0.15, -0.1) is 11.3 Å². The van der Waals surface area contributed by atoms with E-state index in [1.54, 1.807) is 23.1 Å². The second-order valence-corrected chi connectivity index (χ2v) is 9.28. The molecule has 6 heteroatoms. The molecule has 27 heavy (non-hydrogen) atoms. The van der Waals surface area contributed by atoms with Gasteiger partial charge in [-0.2, -0.15) is 0 Å². The maximum absolute atomic E-state index is 13.6. The lowest BCUT2D eigenvalue weighted by molar-refractivity contribution is 0.129. The van der Waals surface area contributed by atoms with E-state index < -0.39 is 0 Å². The van der Waals surface area contributed by atoms with Crippen LogP contribution in [0.25, 0.3) is 15.9 Å². The molecule has 4 nitrogen and oxygen atoms in total. The number of benzene rings is 1. The first-order valence-corrected chi connectivity index (χ1v) is 11.5. The van der Waals surface area contributed by atoms with Crippen LogP contribution >= 0.6 is 23.1 Å². The first kappa shape index (κ1) is 17.5. The summed E-state index contributed by atoms with van der Waals surface area (Å²) >= 11 is 3.37. The molecule has 5 rings (SSSR count). The highest BCUT2D eigenvalue weighted by Gasteiger charge is 2.24. The summed E-state index contributed by atoms with van der Waals surface area (Å²) in [7, 11) is 0. The van der Waals surface area contributed by atoms with Crippen molar-refractivity contribution >= 4 is 33.3 Å². The van der Waals surface area contributed by atoms with E-state index in [0.717, 1.165) is 59.1 Å². The largest absolute Gasteiger partial charge is 0.377 e. The van der Waals surface area contributed by atoms with Crippen LogP contribution in [-0.4, -0.2) is 28.0 Å². The minimum Gasteiger partial charge on any atom is -0.377 e. The van der Waals surface area contributed by atoms with Crippen molar-refractivity contribution in [1.82, 2.24) is 9.55 Å². The van der Waals surface area contributed by atoms with Gasteiger partial charge in [-0.05, 0) is 56.2 Å². The average molecular weight is 399 g/mol. The van der Waals surface area contributed by atoms with E-state index in [2.05, 4.69) is 0 Å². The van der Waals surface area contributed by atoms with E-state index in [1.165, 1.54) is 23.3 Å². The molecule has 2 aliphatic rings. The van der Waals surface area contributed by atoms with Crippen molar-refractivity contribution < 1.29 is 4.74 Å². The van der Waals surface area contributed by atoms with Gasteiger partial charge in [0, 0.05) is 17.2 Å². The van der Waals surface area contributed by atoms with Gasteiger partial charge in [0.05, 0.1) is 17.2 Å². The van der Waals surface area contributed by atoms with Gasteiger partial charge in [0.15, 0.2) is 5.16 Å². The Morgan fingerprint density at radius 1 is 1.19 bits per heavy atom. The fraction of sp³-hybridized carbons (Fsp3) is 0.429. The van der Waals surface area contributed by atoms with E-state index in [9.17, 15) is 4.79 Å². The van der Waals surface area contributed by atoms with Gasteiger partial charge in [-0.25, -0.2) is 4.98 Å². The number of rotatable bonds is 4. The summed E-state index contributed by atoms with van der Waals surface area (Å²) in [4.78, 5) is 20.8. The topological polar surface area (TPSA) is 44.1 Å². The summed E-state index contributed by atoms with van der Waals surface area (Å²) in [6.45, 7) is 0.848. The van der Waals surface area contributed by atoms with Crippen LogP contribution in [0.3, 0.4) is 0 Å². The van der Waals surface area contributed by atoms with Gasteiger partial charge >= 0.3 is 0 Å². The van der Waals surface area contributed by atoms with Crippen molar-refractivity contribution in [3.63, 3.8) is 0 Å². The molecule has 1 unspecified atom stereocenters. The molecule has 1 fully saturated rings. The van der Waals surface area contributed by atoms with E-state index in [-0.39, 0.29) is 11.7 Å². The Balaban J connectivity index is 1.65. The molecule has 0 saturated carbocycles. The Morgan fingerprint density at radius 3 is 2.85 bits per heavy atom. The molecule has 1 aliphatic heterocycles. The van der Waals surface area contributed by atoms with Gasteiger partial charge in [0.2, 0.25) is 0 Å². The van der Waals surface area contributed by atoms with Gasteiger partial charge < -0.3 is 4.74 Å². The van der Waals surface area contributed by atoms with Crippen LogP contribution in [0.4, 0.5) is 0 Å². The molecule has 3 aromatic rings. The molecular weight excluding hydrogens is 376 g/mol. The van der Waals surface area contributed by atoms with Crippen LogP contribution in [0, 0.1) is 0 Å². The lowest BCUT2D eigenvalue weighted by atomic mass is 9.97. The molecule has 1 aromatic carbocycles. The van der Waals surface area contributed by atoms with Crippen molar-refractivity contribution in [3.05, 3.63) is 51.1 Å². The highest BCUT2D eigenvalue weighted by Crippen LogP contribution is 2.35. The SMILES string of the molecule is O=c1c2c3c(sc2nc(SCC2CCCO2)n1-c1ccccc1)CCCC3. The van der Waals surface area contributed by atoms with Crippen molar-refractivity contribution in [1.29, 1.82) is 0 Å². The quantitative estimate of drug-likeness (QED) is 0.476. The maximum atomic E-state index is 13.6. The first-order chi connectivity index (χ1) is 13.3. The molecule has 0 spiro atoms. The number of ether oxygens (including phenoxy) is 1. The second-order valence-electron chi connectivity index (χ2n) is 7.21. The number of para-hydroxylation sites is 1. The molecule has 0 amide bonds. The zero-order valence-corrected chi connectivity index (χ0v) is 16.8. The third-order valence-electron chi connectivity index (χ3n) is 5.39. The predicted molar refractivity (Wildman–Crippen MR) is 112 cm³/mol. The monoisotopic (exact) mass is 398 g/mol. The highest BCUT2D eigenvalue weighted by molar-refractivity contribution is 7.99. The summed E-state index contributed by atoms with van der Waals surface area (Å²) in [5.74, 6) is 0.843. The molecule has 140 valence electrons. The van der Waals surface area contributed by atoms with E-state index in [1.807, 2.05) is 34.9 Å². The minimum atomic E-state index is 0.0837. The van der Waals surface area contributed by atoms with Crippen LogP contribution in [0.1, 0.15) is 36.1 Å². The Bertz CT molecular complexity index is 1020. The molecule has 0 bridgehead atoms. The molecular formula is C21H22N2O2S2. The first-order valence-electron chi connectivity index (χ1n) is 9.68. The van der Waals surface area contributed by atoms with Gasteiger partial charge in [0.25, 0.3) is 5.56 Å². The van der Waals surface area contributed by atoms with Gasteiger partial charge in [-0.3, -0.25) is 9.36 Å². The standard InChI is InChI=1S/C21H22N2O2S2/c24-20-18-16-10-4-5-11-17(16)27-19(18)22-21(26-13-15-9-6-12-25-15)23(20)14-7-2-1-3-8-14/h1-3,7-8,15H,4-6,9-13H2. The normalized spacial score (nSPS) is 19.5. The van der Waals surface area contributed by atoms with E-state index in [0.29, 0.717) is 0 Å². The predicted octanol–water partition coefficient (Wildman–Crippen LogP) is 4.60. The number of aryl methyl sites for hydroxylation is 2. The Hall–Kier alpha value is -1.63. The fourth-order valence-electron chi connectivity index (χ4n) is 4.03. The fourth-order valence-corrected chi connectivity index (χ4v) is 6.41. The Labute approximate surface area is 166 Å². The number of aromatic nitrogens is 2. The van der Waals surface area contributed by atoms with Crippen LogP contribution in [0.2, 0.25) is 0 Å². The van der Waals surface area contributed by atoms with Crippen molar-refractivity contribution in [2.45, 2.75) is 49.8 Å². The smallest absolute Gasteiger partial charge is 0.267 e. The molecule has 3 heterocycles. The summed E-state index contributed by atoms with van der Waals surface area (Å²) < 4.78 is 7.58. The van der Waals surface area contributed by atoms with Crippen molar-refractivity contribution in [3.8, 4) is 5.69 Å². The highest BCUT2D eigenvalue weighted by atomic mass is 32.2. The zero-order chi connectivity index (χ0) is 18.2. The lowest BCUT2D eigenvalue weighted by Gasteiger charge is -2.15.